The number of nitriles is 3. The van der Waals surface area contributed by atoms with Crippen LogP contribution in [0.4, 0.5) is 0 Å². The Morgan fingerprint density at radius 1 is 0.923 bits per heavy atom. The fourth-order valence-electron chi connectivity index (χ4n) is 3.43. The number of ketones is 1. The molecule has 6 N–H and O–H groups in total. The highest BCUT2D eigenvalue weighted by Gasteiger charge is 2.12. The summed E-state index contributed by atoms with van der Waals surface area (Å²) in [6, 6.07) is 8.70. The zero-order chi connectivity index (χ0) is 40.6. The van der Waals surface area contributed by atoms with E-state index in [0.717, 1.165) is 43.0 Å². The number of hydrogen-bond donors (Lipinski definition) is 6. The number of carboxylic acid groups (broad SMARTS) is 2. The molecule has 52 heavy (non-hydrogen) atoms. The van der Waals surface area contributed by atoms with E-state index in [1.165, 1.54) is 12.1 Å². The quantitative estimate of drug-likeness (QED) is 0.0371. The average molecular weight is 844 g/mol. The predicted octanol–water partition coefficient (Wildman–Crippen LogP) is 4.82. The summed E-state index contributed by atoms with van der Waals surface area (Å²) in [4.78, 5) is 69.0. The van der Waals surface area contributed by atoms with Gasteiger partial charge in [-0.15, -0.1) is 12.6 Å². The number of H-pyrrole nitrogens is 2. The molecule has 0 saturated carbocycles. The van der Waals surface area contributed by atoms with Crippen LogP contribution < -0.4 is 16.9 Å². The van der Waals surface area contributed by atoms with Crippen LogP contribution in [0.1, 0.15) is 88.5 Å². The lowest BCUT2D eigenvalue weighted by Gasteiger charge is -2.06. The van der Waals surface area contributed by atoms with Gasteiger partial charge in [-0.2, -0.15) is 15.8 Å². The number of aromatic nitrogens is 2. The van der Waals surface area contributed by atoms with Crippen LogP contribution in [0.5, 0.6) is 0 Å². The van der Waals surface area contributed by atoms with E-state index in [1.807, 2.05) is 32.9 Å². The number of hydrogen-bond acceptors (Lipinski definition) is 13. The maximum Gasteiger partial charge on any atom is 0.314 e. The number of aromatic amines is 2. The molecular weight excluding hydrogens is 801 g/mol. The maximum atomic E-state index is 11.4. The van der Waals surface area contributed by atoms with Crippen LogP contribution in [-0.4, -0.2) is 66.6 Å². The van der Waals surface area contributed by atoms with Crippen molar-refractivity contribution in [2.24, 2.45) is 5.73 Å². The molecule has 2 aromatic rings. The summed E-state index contributed by atoms with van der Waals surface area (Å²) in [6.07, 6.45) is 4.48. The molecule has 0 bridgehead atoms. The van der Waals surface area contributed by atoms with Gasteiger partial charge in [0.05, 0.1) is 51.0 Å². The first-order valence-corrected chi connectivity index (χ1v) is 18.4. The number of pyridine rings is 2. The molecule has 0 radical (unpaired) electrons. The second-order valence-corrected chi connectivity index (χ2v) is 12.3. The second-order valence-electron chi connectivity index (χ2n) is 9.75. The number of alkyl halides is 1. The van der Waals surface area contributed by atoms with E-state index in [-0.39, 0.29) is 45.8 Å². The summed E-state index contributed by atoms with van der Waals surface area (Å²) in [7, 11) is 0. The Kier molecular flexibility index (Phi) is 32.4. The Hall–Kier alpha value is -4.48. The standard InChI is InChI=1S/C11H12N2O3S.C9H10N2OS.C8H14O3.C3H4N2S.C2H3BrO2/c1-2-3-7-4-9(14)13-11(8(7)5-12)17-6-10(15)16;1-2-3-6-4-8(12)11-9(13)7(6)5-10;1-3-5-7(9)6-8(10)11-4-2;4-2-1-3(5)6;3-1-2(4)5/h4H,2-3,6H2,1H3,(H,13,14)(H,15,16);4H,2-3H2,1H3,(H2,11,12,13);3-6H2,1-2H3;1H2,(H2,5,6);1H2,(H,4,5). The molecule has 0 amide bonds. The Morgan fingerprint density at radius 3 is 1.79 bits per heavy atom. The van der Waals surface area contributed by atoms with E-state index in [4.69, 9.17) is 31.7 Å². The Labute approximate surface area is 325 Å². The summed E-state index contributed by atoms with van der Waals surface area (Å²) < 4.78 is 4.60. The molecule has 0 aliphatic rings. The van der Waals surface area contributed by atoms with Gasteiger partial charge >= 0.3 is 17.9 Å². The number of carbonyl (C=O) groups is 4. The minimum atomic E-state index is -0.986. The summed E-state index contributed by atoms with van der Waals surface area (Å²) >= 11 is 12.1. The first-order valence-electron chi connectivity index (χ1n) is 15.5. The first-order chi connectivity index (χ1) is 24.5. The van der Waals surface area contributed by atoms with Crippen LogP contribution in [0, 0.1) is 34.0 Å². The molecule has 2 heterocycles. The number of thioether (sulfide) groups is 1. The van der Waals surface area contributed by atoms with Crippen LogP contribution >= 0.6 is 52.5 Å². The van der Waals surface area contributed by atoms with Crippen LogP contribution in [0.25, 0.3) is 0 Å². The van der Waals surface area contributed by atoms with Gasteiger partial charge in [0.25, 0.3) is 0 Å². The highest BCUT2D eigenvalue weighted by molar-refractivity contribution is 9.09. The van der Waals surface area contributed by atoms with Gasteiger partial charge in [-0.05, 0) is 37.3 Å². The number of Topliss-reactive ketones (excluding diaryl/α,β-unsaturated/α-hetero) is 1. The number of aliphatic carboxylic acids is 2. The van der Waals surface area contributed by atoms with Gasteiger partial charge in [-0.25, -0.2) is 0 Å². The number of thiocarbonyl (C=S) groups is 1. The number of carbonyl (C=O) groups excluding carboxylic acids is 2. The fraction of sp³-hybridized carbons (Fsp3) is 0.455. The lowest BCUT2D eigenvalue weighted by molar-refractivity contribution is -0.145. The topological polar surface area (TPSA) is 281 Å². The first kappa shape index (κ1) is 51.9. The van der Waals surface area contributed by atoms with Crippen LogP contribution in [0.3, 0.4) is 0 Å². The SMILES string of the molecule is CCCC(=O)CC(=O)OCC.CCCc1cc(=O)[nH]c(S)c1C#N.CCCc1cc(=O)[nH]c(SCC(=O)O)c1C#N.N#CCC(N)=S.O=C(O)CBr. The molecule has 15 nitrogen and oxygen atoms in total. The van der Waals surface area contributed by atoms with E-state index in [1.54, 1.807) is 13.0 Å². The molecule has 19 heteroatoms. The van der Waals surface area contributed by atoms with Gasteiger partial charge < -0.3 is 30.7 Å². The number of rotatable bonds is 14. The van der Waals surface area contributed by atoms with Crippen molar-refractivity contribution >= 4 is 81.2 Å². The number of aryl methyl sites for hydroxylation is 2. The van der Waals surface area contributed by atoms with Gasteiger partial charge in [-0.3, -0.25) is 28.8 Å². The van der Waals surface area contributed by atoms with Crippen LogP contribution in [-0.2, 0) is 36.8 Å². The van der Waals surface area contributed by atoms with Gasteiger partial charge in [0.1, 0.15) is 29.7 Å². The Morgan fingerprint density at radius 2 is 1.42 bits per heavy atom. The van der Waals surface area contributed by atoms with E-state index < -0.39 is 17.9 Å². The van der Waals surface area contributed by atoms with Crippen LogP contribution in [0.15, 0.2) is 31.8 Å². The highest BCUT2D eigenvalue weighted by atomic mass is 79.9. The third-order valence-electron chi connectivity index (χ3n) is 5.34. The van der Waals surface area contributed by atoms with Gasteiger partial charge in [0.15, 0.2) is 0 Å². The van der Waals surface area contributed by atoms with Crippen LogP contribution in [0.2, 0.25) is 0 Å². The zero-order valence-electron chi connectivity index (χ0n) is 29.2. The normalized spacial score (nSPS) is 9.06. The lowest BCUT2D eigenvalue weighted by atomic mass is 10.1. The van der Waals surface area contributed by atoms with E-state index in [2.05, 4.69) is 55.5 Å². The molecule has 2 aromatic heterocycles. The van der Waals surface area contributed by atoms with E-state index in [9.17, 15) is 28.8 Å². The maximum absolute atomic E-state index is 11.4. The smallest absolute Gasteiger partial charge is 0.314 e. The van der Waals surface area contributed by atoms with E-state index >= 15 is 0 Å². The molecule has 2 rings (SSSR count). The number of esters is 1. The van der Waals surface area contributed by atoms with Gasteiger partial charge in [0, 0.05) is 18.6 Å². The number of ether oxygens (including phenoxy) is 1. The van der Waals surface area contributed by atoms with Gasteiger partial charge in [-0.1, -0.05) is 73.5 Å². The number of thiol groups is 1. The Balaban J connectivity index is -0.000000616. The fourth-order valence-corrected chi connectivity index (χ4v) is 4.56. The molecule has 0 atom stereocenters. The molecule has 0 aliphatic heterocycles. The van der Waals surface area contributed by atoms with Crippen molar-refractivity contribution in [2.75, 3.05) is 17.7 Å². The van der Waals surface area contributed by atoms with Crippen molar-refractivity contribution in [1.82, 2.24) is 9.97 Å². The summed E-state index contributed by atoms with van der Waals surface area (Å²) in [5.41, 5.74) is 6.70. The minimum Gasteiger partial charge on any atom is -0.481 e. The van der Waals surface area contributed by atoms with Crippen molar-refractivity contribution in [1.29, 1.82) is 15.8 Å². The number of halogens is 1. The summed E-state index contributed by atoms with van der Waals surface area (Å²) in [5.74, 6) is -2.44. The molecule has 0 aliphatic carbocycles. The highest BCUT2D eigenvalue weighted by Crippen LogP contribution is 2.22. The average Bonchev–Trinajstić information content (AvgIpc) is 3.05. The molecule has 284 valence electrons. The second kappa shape index (κ2) is 32.4. The lowest BCUT2D eigenvalue weighted by Crippen LogP contribution is -2.11. The molecular formula is C33H43BrN6O9S3. The summed E-state index contributed by atoms with van der Waals surface area (Å²) in [6.45, 7) is 7.93. The number of carboxylic acids is 2. The molecule has 0 fully saturated rings. The molecule has 0 unspecified atom stereocenters. The predicted molar refractivity (Wildman–Crippen MR) is 207 cm³/mol. The Bertz CT molecular complexity index is 1690. The third-order valence-corrected chi connectivity index (χ3v) is 7.29. The molecule has 0 saturated heterocycles. The third kappa shape index (κ3) is 27.3. The summed E-state index contributed by atoms with van der Waals surface area (Å²) in [5, 5.41) is 42.7. The van der Waals surface area contributed by atoms with Crippen molar-refractivity contribution < 1.29 is 34.1 Å². The van der Waals surface area contributed by atoms with Crippen molar-refractivity contribution in [3.63, 3.8) is 0 Å². The largest absolute Gasteiger partial charge is 0.481 e. The van der Waals surface area contributed by atoms with Crippen molar-refractivity contribution in [2.45, 2.75) is 89.1 Å². The number of nitrogens with two attached hydrogens (primary N) is 1. The monoisotopic (exact) mass is 842 g/mol. The minimum absolute atomic E-state index is 0.0347. The zero-order valence-corrected chi connectivity index (χ0v) is 33.4. The molecule has 0 spiro atoms. The molecule has 0 aromatic carbocycles. The number of nitrogens with one attached hydrogen (secondary N) is 2. The number of nitrogens with zero attached hydrogens (tertiary/aromatic N) is 3. The van der Waals surface area contributed by atoms with E-state index in [0.29, 0.717) is 46.2 Å². The van der Waals surface area contributed by atoms with Crippen molar-refractivity contribution in [3.05, 3.63) is 55.1 Å². The van der Waals surface area contributed by atoms with Crippen molar-refractivity contribution in [3.8, 4) is 18.2 Å². The van der Waals surface area contributed by atoms with Gasteiger partial charge in [0.2, 0.25) is 11.1 Å².